The number of benzene rings is 4. The third-order valence-electron chi connectivity index (χ3n) is 5.15. The fraction of sp³-hybridized carbons (Fsp3) is 0. The number of hydrogen-bond acceptors (Lipinski definition) is 4. The van der Waals surface area contributed by atoms with Crippen molar-refractivity contribution in [1.82, 2.24) is 4.98 Å². The van der Waals surface area contributed by atoms with Gasteiger partial charge in [-0.2, -0.15) is 5.10 Å². The summed E-state index contributed by atoms with van der Waals surface area (Å²) >= 11 is 0. The lowest BCUT2D eigenvalue weighted by atomic mass is 9.98. The number of carbonyl (C=O) groups is 1. The number of aromatic nitrogens is 1. The Kier molecular flexibility index (Phi) is 4.95. The normalized spacial score (nSPS) is 11.5. The van der Waals surface area contributed by atoms with E-state index in [0.29, 0.717) is 11.3 Å². The molecule has 0 unspecified atom stereocenters. The highest BCUT2D eigenvalue weighted by atomic mass is 16.1. The number of Topliss-reactive ketones (excluding diaryl/α,β-unsaturated/α-hetero) is 1. The van der Waals surface area contributed by atoms with Crippen LogP contribution in [0, 0.1) is 0 Å². The van der Waals surface area contributed by atoms with Crippen LogP contribution in [0.15, 0.2) is 114 Å². The molecule has 0 fully saturated rings. The molecule has 0 aliphatic rings. The average Bonchev–Trinajstić information content (AvgIpc) is 2.85. The van der Waals surface area contributed by atoms with Gasteiger partial charge in [-0.15, -0.1) is 0 Å². The van der Waals surface area contributed by atoms with Crippen molar-refractivity contribution in [3.63, 3.8) is 0 Å². The van der Waals surface area contributed by atoms with Gasteiger partial charge in [-0.25, -0.2) is 4.98 Å². The van der Waals surface area contributed by atoms with Gasteiger partial charge in [-0.3, -0.25) is 10.2 Å². The van der Waals surface area contributed by atoms with Crippen LogP contribution >= 0.6 is 0 Å². The number of fused-ring (bicyclic) bond motifs is 3. The molecule has 0 spiro atoms. The summed E-state index contributed by atoms with van der Waals surface area (Å²) in [7, 11) is 0. The summed E-state index contributed by atoms with van der Waals surface area (Å²) in [5.74, 6) is -0.183. The molecule has 0 amide bonds. The number of pyridine rings is 1. The van der Waals surface area contributed by atoms with E-state index in [4.69, 9.17) is 4.98 Å². The lowest BCUT2D eigenvalue weighted by Crippen LogP contribution is -2.19. The Labute approximate surface area is 179 Å². The van der Waals surface area contributed by atoms with Gasteiger partial charge in [0.15, 0.2) is 5.71 Å². The van der Waals surface area contributed by atoms with Crippen LogP contribution in [0.25, 0.3) is 21.7 Å². The first-order valence-electron chi connectivity index (χ1n) is 10.1. The molecule has 5 aromatic rings. The highest BCUT2D eigenvalue weighted by Gasteiger charge is 2.21. The van der Waals surface area contributed by atoms with Gasteiger partial charge < -0.3 is 0 Å². The monoisotopic (exact) mass is 401 g/mol. The molecule has 0 atom stereocenters. The van der Waals surface area contributed by atoms with E-state index in [1.165, 1.54) is 0 Å². The highest BCUT2D eigenvalue weighted by Crippen LogP contribution is 2.27. The van der Waals surface area contributed by atoms with Crippen LogP contribution in [-0.2, 0) is 0 Å². The van der Waals surface area contributed by atoms with Gasteiger partial charge in [-0.1, -0.05) is 91.0 Å². The SMILES string of the molecule is O=C(/C(=N\Nc1ccccc1)c1nc2ccccc2c2ccccc12)c1ccccc1. The van der Waals surface area contributed by atoms with Crippen molar-refractivity contribution in [1.29, 1.82) is 0 Å². The number of hydrogen-bond donors (Lipinski definition) is 1. The second-order valence-corrected chi connectivity index (χ2v) is 7.16. The van der Waals surface area contributed by atoms with Crippen LogP contribution in [0.2, 0.25) is 0 Å². The summed E-state index contributed by atoms with van der Waals surface area (Å²) in [5, 5.41) is 7.52. The first-order valence-corrected chi connectivity index (χ1v) is 10.1. The maximum Gasteiger partial charge on any atom is 0.215 e. The van der Waals surface area contributed by atoms with Gasteiger partial charge in [0, 0.05) is 16.3 Å². The Hall–Kier alpha value is -4.31. The van der Waals surface area contributed by atoms with Crippen molar-refractivity contribution < 1.29 is 4.79 Å². The molecule has 1 N–H and O–H groups in total. The highest BCUT2D eigenvalue weighted by molar-refractivity contribution is 6.53. The number of anilines is 1. The van der Waals surface area contributed by atoms with Gasteiger partial charge in [-0.05, 0) is 23.6 Å². The summed E-state index contributed by atoms with van der Waals surface area (Å²) in [6.07, 6.45) is 0. The number of rotatable bonds is 5. The van der Waals surface area contributed by atoms with Crippen LogP contribution in [0.1, 0.15) is 16.1 Å². The molecule has 0 aliphatic heterocycles. The van der Waals surface area contributed by atoms with E-state index in [2.05, 4.69) is 16.6 Å². The van der Waals surface area contributed by atoms with E-state index in [-0.39, 0.29) is 11.5 Å². The Morgan fingerprint density at radius 1 is 0.645 bits per heavy atom. The molecule has 1 aromatic heterocycles. The minimum absolute atomic E-state index is 0.183. The standard InChI is InChI=1S/C27H19N3O/c31-27(19-11-3-1-4-12-19)26(30-29-20-13-5-2-6-14-20)25-23-17-8-7-15-21(23)22-16-9-10-18-24(22)28-25/h1-18,29H/b30-26-. The summed E-state index contributed by atoms with van der Waals surface area (Å²) in [5.41, 5.74) is 6.06. The number of nitrogens with one attached hydrogen (secondary N) is 1. The molecule has 4 aromatic carbocycles. The molecule has 31 heavy (non-hydrogen) atoms. The average molecular weight is 401 g/mol. The predicted octanol–water partition coefficient (Wildman–Crippen LogP) is 6.09. The molecule has 0 aliphatic carbocycles. The molecular weight excluding hydrogens is 382 g/mol. The van der Waals surface area contributed by atoms with E-state index in [9.17, 15) is 4.79 Å². The number of para-hydroxylation sites is 2. The molecule has 148 valence electrons. The predicted molar refractivity (Wildman–Crippen MR) is 127 cm³/mol. The zero-order valence-electron chi connectivity index (χ0n) is 16.7. The van der Waals surface area contributed by atoms with Crippen molar-refractivity contribution in [2.45, 2.75) is 0 Å². The number of hydrazone groups is 1. The first-order chi connectivity index (χ1) is 15.3. The van der Waals surface area contributed by atoms with E-state index in [0.717, 1.165) is 27.4 Å². The van der Waals surface area contributed by atoms with Crippen molar-refractivity contribution in [3.05, 3.63) is 120 Å². The minimum Gasteiger partial charge on any atom is -0.287 e. The van der Waals surface area contributed by atoms with Gasteiger partial charge in [0.05, 0.1) is 11.2 Å². The van der Waals surface area contributed by atoms with E-state index >= 15 is 0 Å². The second kappa shape index (κ2) is 8.20. The Morgan fingerprint density at radius 3 is 1.97 bits per heavy atom. The lowest BCUT2D eigenvalue weighted by Gasteiger charge is -2.12. The number of nitrogens with zero attached hydrogens (tertiary/aromatic N) is 2. The zero-order valence-corrected chi connectivity index (χ0v) is 16.7. The van der Waals surface area contributed by atoms with Crippen molar-refractivity contribution in [3.8, 4) is 0 Å². The summed E-state index contributed by atoms with van der Waals surface area (Å²) in [6, 6.07) is 34.7. The van der Waals surface area contributed by atoms with Crippen LogP contribution in [-0.4, -0.2) is 16.5 Å². The molecule has 1 heterocycles. The second-order valence-electron chi connectivity index (χ2n) is 7.16. The van der Waals surface area contributed by atoms with Crippen molar-refractivity contribution in [2.24, 2.45) is 5.10 Å². The fourth-order valence-corrected chi connectivity index (χ4v) is 3.66. The summed E-state index contributed by atoms with van der Waals surface area (Å²) < 4.78 is 0. The largest absolute Gasteiger partial charge is 0.287 e. The van der Waals surface area contributed by atoms with Gasteiger partial charge in [0.2, 0.25) is 5.78 Å². The molecule has 0 saturated heterocycles. The van der Waals surface area contributed by atoms with Crippen LogP contribution in [0.5, 0.6) is 0 Å². The quantitative estimate of drug-likeness (QED) is 0.168. The van der Waals surface area contributed by atoms with E-state index in [1.807, 2.05) is 91.0 Å². The summed E-state index contributed by atoms with van der Waals surface area (Å²) in [6.45, 7) is 0. The van der Waals surface area contributed by atoms with E-state index < -0.39 is 0 Å². The van der Waals surface area contributed by atoms with Gasteiger partial charge in [0.25, 0.3) is 0 Å². The smallest absolute Gasteiger partial charge is 0.215 e. The van der Waals surface area contributed by atoms with Crippen LogP contribution in [0.4, 0.5) is 5.69 Å². The fourth-order valence-electron chi connectivity index (χ4n) is 3.66. The molecule has 4 nitrogen and oxygen atoms in total. The third kappa shape index (κ3) is 3.67. The van der Waals surface area contributed by atoms with Crippen molar-refractivity contribution >= 4 is 38.9 Å². The van der Waals surface area contributed by atoms with Crippen molar-refractivity contribution in [2.75, 3.05) is 5.43 Å². The maximum absolute atomic E-state index is 13.5. The molecule has 4 heteroatoms. The maximum atomic E-state index is 13.5. The Bertz CT molecular complexity index is 1410. The molecule has 0 saturated carbocycles. The lowest BCUT2D eigenvalue weighted by molar-refractivity contribution is 0.106. The van der Waals surface area contributed by atoms with Crippen LogP contribution < -0.4 is 5.43 Å². The topological polar surface area (TPSA) is 54.4 Å². The minimum atomic E-state index is -0.183. The summed E-state index contributed by atoms with van der Waals surface area (Å²) in [4.78, 5) is 18.4. The zero-order chi connectivity index (χ0) is 21.0. The van der Waals surface area contributed by atoms with Crippen LogP contribution in [0.3, 0.4) is 0 Å². The Balaban J connectivity index is 1.74. The van der Waals surface area contributed by atoms with Gasteiger partial charge in [0.1, 0.15) is 5.69 Å². The molecule has 0 radical (unpaired) electrons. The first kappa shape index (κ1) is 18.7. The van der Waals surface area contributed by atoms with Gasteiger partial charge >= 0.3 is 0 Å². The third-order valence-corrected chi connectivity index (χ3v) is 5.15. The molecule has 5 rings (SSSR count). The number of ketones is 1. The Morgan fingerprint density at radius 2 is 1.23 bits per heavy atom. The molecular formula is C27H19N3O. The number of carbonyl (C=O) groups excluding carboxylic acids is 1. The molecule has 0 bridgehead atoms. The van der Waals surface area contributed by atoms with E-state index in [1.54, 1.807) is 12.1 Å².